The summed E-state index contributed by atoms with van der Waals surface area (Å²) in [6, 6.07) is 4.00. The number of nitrogens with zero attached hydrogens (tertiary/aromatic N) is 2. The Morgan fingerprint density at radius 3 is 2.65 bits per heavy atom. The Hall–Kier alpha value is -1.14. The molecule has 23 heavy (non-hydrogen) atoms. The number of carbonyl (C=O) groups is 1. The van der Waals surface area contributed by atoms with Gasteiger partial charge in [0.15, 0.2) is 0 Å². The Bertz CT molecular complexity index is 576. The molecule has 2 saturated heterocycles. The first-order valence-electron chi connectivity index (χ1n) is 8.13. The van der Waals surface area contributed by atoms with Gasteiger partial charge in [0.25, 0.3) is 0 Å². The molecular formula is C17H24BrN3O2. The van der Waals surface area contributed by atoms with Gasteiger partial charge in [-0.1, -0.05) is 0 Å². The summed E-state index contributed by atoms with van der Waals surface area (Å²) < 4.78 is 6.53. The van der Waals surface area contributed by atoms with Gasteiger partial charge >= 0.3 is 6.09 Å². The van der Waals surface area contributed by atoms with Crippen LogP contribution in [0.15, 0.2) is 22.8 Å². The molecule has 0 radical (unpaired) electrons. The van der Waals surface area contributed by atoms with Gasteiger partial charge in [-0.25, -0.2) is 4.79 Å². The van der Waals surface area contributed by atoms with E-state index in [1.54, 1.807) is 6.20 Å². The third-order valence-electron chi connectivity index (χ3n) is 4.63. The Kier molecular flexibility index (Phi) is 4.40. The van der Waals surface area contributed by atoms with E-state index >= 15 is 0 Å². The van der Waals surface area contributed by atoms with E-state index < -0.39 is 5.60 Å². The molecule has 3 rings (SSSR count). The number of piperidine rings is 1. The summed E-state index contributed by atoms with van der Waals surface area (Å²) in [6.45, 7) is 8.45. The quantitative estimate of drug-likeness (QED) is 0.808. The number of ether oxygens (including phenoxy) is 1. The monoisotopic (exact) mass is 381 g/mol. The van der Waals surface area contributed by atoms with E-state index in [0.29, 0.717) is 0 Å². The number of hydrogen-bond donors (Lipinski definition) is 1. The van der Waals surface area contributed by atoms with Gasteiger partial charge in [0.05, 0.1) is 11.7 Å². The van der Waals surface area contributed by atoms with Gasteiger partial charge < -0.3 is 10.1 Å². The minimum atomic E-state index is -0.481. The second-order valence-electron chi connectivity index (χ2n) is 7.52. The van der Waals surface area contributed by atoms with Crippen LogP contribution in [0, 0.1) is 5.41 Å². The number of nitrogens with one attached hydrogen (secondary N) is 1. The fourth-order valence-electron chi connectivity index (χ4n) is 3.60. The standard InChI is InChI=1S/C17H24BrN3O2/c1-16(2,3)23-15(22)21-11-17(6-8-19-9-7-17)14(21)13-5-4-12(18)10-20-13/h4-5,10,14,19H,6-9,11H2,1-3H3. The summed E-state index contributed by atoms with van der Waals surface area (Å²) in [6.07, 6.45) is 3.69. The number of pyridine rings is 1. The number of halogens is 1. The Morgan fingerprint density at radius 2 is 2.09 bits per heavy atom. The lowest BCUT2D eigenvalue weighted by molar-refractivity contribution is -0.0987. The van der Waals surface area contributed by atoms with Crippen LogP contribution in [0.25, 0.3) is 0 Å². The molecule has 0 aliphatic carbocycles. The third kappa shape index (κ3) is 3.38. The highest BCUT2D eigenvalue weighted by atomic mass is 79.9. The Balaban J connectivity index is 1.86. The SMILES string of the molecule is CC(C)(C)OC(=O)N1CC2(CCNCC2)C1c1ccc(Br)cn1. The third-order valence-corrected chi connectivity index (χ3v) is 5.10. The molecule has 3 heterocycles. The zero-order valence-electron chi connectivity index (χ0n) is 13.9. The first kappa shape index (κ1) is 16.7. The molecule has 1 amide bonds. The molecule has 1 atom stereocenters. The topological polar surface area (TPSA) is 54.5 Å². The van der Waals surface area contributed by atoms with Gasteiger partial charge in [-0.15, -0.1) is 0 Å². The highest BCUT2D eigenvalue weighted by Gasteiger charge is 2.56. The van der Waals surface area contributed by atoms with Crippen molar-refractivity contribution in [3.63, 3.8) is 0 Å². The van der Waals surface area contributed by atoms with E-state index in [1.165, 1.54) is 0 Å². The molecule has 1 unspecified atom stereocenters. The maximum atomic E-state index is 12.6. The van der Waals surface area contributed by atoms with Crippen LogP contribution in [0.1, 0.15) is 45.3 Å². The van der Waals surface area contributed by atoms with E-state index in [0.717, 1.165) is 42.6 Å². The lowest BCUT2D eigenvalue weighted by atomic mass is 9.64. The number of hydrogen-bond acceptors (Lipinski definition) is 4. The zero-order valence-corrected chi connectivity index (χ0v) is 15.5. The smallest absolute Gasteiger partial charge is 0.410 e. The van der Waals surface area contributed by atoms with Crippen LogP contribution < -0.4 is 5.32 Å². The van der Waals surface area contributed by atoms with E-state index in [9.17, 15) is 4.79 Å². The first-order valence-corrected chi connectivity index (χ1v) is 8.92. The van der Waals surface area contributed by atoms with Crippen LogP contribution in [0.4, 0.5) is 4.79 Å². The fraction of sp³-hybridized carbons (Fsp3) is 0.647. The van der Waals surface area contributed by atoms with Crippen molar-refractivity contribution < 1.29 is 9.53 Å². The molecule has 2 aliphatic rings. The highest BCUT2D eigenvalue weighted by Crippen LogP contribution is 2.54. The predicted molar refractivity (Wildman–Crippen MR) is 92.2 cm³/mol. The maximum absolute atomic E-state index is 12.6. The molecule has 5 nitrogen and oxygen atoms in total. The number of rotatable bonds is 1. The molecule has 0 aromatic carbocycles. The van der Waals surface area contributed by atoms with Gasteiger partial charge in [0.1, 0.15) is 5.60 Å². The van der Waals surface area contributed by atoms with Crippen molar-refractivity contribution in [2.24, 2.45) is 5.41 Å². The molecule has 2 fully saturated rings. The van der Waals surface area contributed by atoms with E-state index in [2.05, 4.69) is 26.2 Å². The summed E-state index contributed by atoms with van der Waals surface area (Å²) in [5, 5.41) is 3.41. The van der Waals surface area contributed by atoms with Crippen molar-refractivity contribution in [1.29, 1.82) is 0 Å². The molecule has 1 aromatic heterocycles. The van der Waals surface area contributed by atoms with Crippen LogP contribution in [0.2, 0.25) is 0 Å². The molecule has 0 saturated carbocycles. The van der Waals surface area contributed by atoms with Gasteiger partial charge in [-0.05, 0) is 74.8 Å². The van der Waals surface area contributed by atoms with E-state index in [-0.39, 0.29) is 17.6 Å². The maximum Gasteiger partial charge on any atom is 0.410 e. The first-order chi connectivity index (χ1) is 10.8. The average molecular weight is 382 g/mol. The Labute approximate surface area is 145 Å². The molecule has 6 heteroatoms. The molecule has 1 aromatic rings. The molecule has 1 spiro atoms. The summed E-state index contributed by atoms with van der Waals surface area (Å²) in [7, 11) is 0. The van der Waals surface area contributed by atoms with Crippen molar-refractivity contribution in [3.8, 4) is 0 Å². The normalized spacial score (nSPS) is 23.5. The lowest BCUT2D eigenvalue weighted by Gasteiger charge is -2.58. The second-order valence-corrected chi connectivity index (χ2v) is 8.44. The molecule has 0 bridgehead atoms. The summed E-state index contributed by atoms with van der Waals surface area (Å²) >= 11 is 3.43. The molecule has 126 valence electrons. The van der Waals surface area contributed by atoms with Crippen LogP contribution in [0.5, 0.6) is 0 Å². The van der Waals surface area contributed by atoms with Crippen LogP contribution >= 0.6 is 15.9 Å². The highest BCUT2D eigenvalue weighted by molar-refractivity contribution is 9.10. The van der Waals surface area contributed by atoms with Gasteiger partial charge in [-0.2, -0.15) is 0 Å². The average Bonchev–Trinajstić information content (AvgIpc) is 2.46. The van der Waals surface area contributed by atoms with Crippen LogP contribution in [0.3, 0.4) is 0 Å². The van der Waals surface area contributed by atoms with Crippen molar-refractivity contribution >= 4 is 22.0 Å². The number of aromatic nitrogens is 1. The fourth-order valence-corrected chi connectivity index (χ4v) is 3.84. The Morgan fingerprint density at radius 1 is 1.39 bits per heavy atom. The lowest BCUT2D eigenvalue weighted by Crippen LogP contribution is -2.64. The van der Waals surface area contributed by atoms with E-state index in [1.807, 2.05) is 37.8 Å². The minimum absolute atomic E-state index is 0.00699. The van der Waals surface area contributed by atoms with Gasteiger partial charge in [0.2, 0.25) is 0 Å². The summed E-state index contributed by atoms with van der Waals surface area (Å²) in [5.41, 5.74) is 0.599. The van der Waals surface area contributed by atoms with E-state index in [4.69, 9.17) is 4.74 Å². The predicted octanol–water partition coefficient (Wildman–Crippen LogP) is 3.51. The van der Waals surface area contributed by atoms with Crippen molar-refractivity contribution in [2.45, 2.75) is 45.3 Å². The van der Waals surface area contributed by atoms with Crippen molar-refractivity contribution in [2.75, 3.05) is 19.6 Å². The summed E-state index contributed by atoms with van der Waals surface area (Å²) in [4.78, 5) is 19.0. The zero-order chi connectivity index (χ0) is 16.7. The van der Waals surface area contributed by atoms with Gasteiger partial charge in [-0.3, -0.25) is 9.88 Å². The molecule has 1 N–H and O–H groups in total. The van der Waals surface area contributed by atoms with Crippen LogP contribution in [-0.2, 0) is 4.74 Å². The minimum Gasteiger partial charge on any atom is -0.444 e. The molecular weight excluding hydrogens is 358 g/mol. The number of carbonyl (C=O) groups excluding carboxylic acids is 1. The largest absolute Gasteiger partial charge is 0.444 e. The van der Waals surface area contributed by atoms with Crippen LogP contribution in [-0.4, -0.2) is 41.2 Å². The summed E-state index contributed by atoms with van der Waals surface area (Å²) in [5.74, 6) is 0. The van der Waals surface area contributed by atoms with Crippen molar-refractivity contribution in [3.05, 3.63) is 28.5 Å². The molecule has 2 aliphatic heterocycles. The number of likely N-dealkylation sites (tertiary alicyclic amines) is 1. The second kappa shape index (κ2) is 6.06. The number of amides is 1. The van der Waals surface area contributed by atoms with Gasteiger partial charge in [0, 0.05) is 22.6 Å². The van der Waals surface area contributed by atoms with Crippen molar-refractivity contribution in [1.82, 2.24) is 15.2 Å².